The van der Waals surface area contributed by atoms with Gasteiger partial charge in [-0.25, -0.2) is 4.68 Å². The molecule has 1 amide bonds. The number of aliphatic hydroxyl groups excluding tert-OH is 1. The second kappa shape index (κ2) is 10.1. The Hall–Kier alpha value is -3.62. The van der Waals surface area contributed by atoms with Gasteiger partial charge >= 0.3 is 0 Å². The van der Waals surface area contributed by atoms with E-state index in [1.807, 2.05) is 73.3 Å². The fourth-order valence-corrected chi connectivity index (χ4v) is 4.19. The van der Waals surface area contributed by atoms with Crippen molar-refractivity contribution in [3.05, 3.63) is 99.2 Å². The molecule has 1 aliphatic heterocycles. The third-order valence-electron chi connectivity index (χ3n) is 6.12. The van der Waals surface area contributed by atoms with Crippen LogP contribution in [-0.4, -0.2) is 33.7 Å². The summed E-state index contributed by atoms with van der Waals surface area (Å²) in [6.07, 6.45) is 1.39. The van der Waals surface area contributed by atoms with Gasteiger partial charge in [-0.15, -0.1) is 0 Å². The minimum atomic E-state index is -0.705. The highest BCUT2D eigenvalue weighted by Crippen LogP contribution is 2.32. The summed E-state index contributed by atoms with van der Waals surface area (Å²) >= 11 is 0. The monoisotopic (exact) mass is 463 g/mol. The Bertz CT molecular complexity index is 1240. The van der Waals surface area contributed by atoms with Gasteiger partial charge in [0.25, 0.3) is 11.5 Å². The average Bonchev–Trinajstić information content (AvgIpc) is 3.10. The molecule has 8 heteroatoms. The van der Waals surface area contributed by atoms with Crippen LogP contribution in [0.15, 0.2) is 71.2 Å². The van der Waals surface area contributed by atoms with Gasteiger partial charge in [-0.2, -0.15) is 0 Å². The number of likely N-dealkylation sites (N-methyl/N-ethyl adjacent to an activating group) is 1. The topological polar surface area (TPSA) is 94.7 Å². The molecule has 4 rings (SSSR count). The quantitative estimate of drug-likeness (QED) is 0.562. The van der Waals surface area contributed by atoms with Crippen LogP contribution in [0.25, 0.3) is 5.69 Å². The lowest BCUT2D eigenvalue weighted by Gasteiger charge is -2.28. The van der Waals surface area contributed by atoms with Gasteiger partial charge in [-0.3, -0.25) is 14.3 Å². The molecule has 0 fully saturated rings. The Morgan fingerprint density at radius 2 is 1.82 bits per heavy atom. The zero-order chi connectivity index (χ0) is 24.2. The number of hydrogen-bond acceptors (Lipinski definition) is 5. The molecule has 0 aliphatic carbocycles. The normalized spacial score (nSPS) is 17.7. The summed E-state index contributed by atoms with van der Waals surface area (Å²) in [7, 11) is 3.38. The number of rotatable bonds is 7. The number of aromatic nitrogens is 2. The van der Waals surface area contributed by atoms with Crippen molar-refractivity contribution in [1.82, 2.24) is 14.7 Å². The highest BCUT2D eigenvalue weighted by atomic mass is 16.7. The molecule has 2 atom stereocenters. The number of nitrogens with zero attached hydrogens (tertiary/aromatic N) is 2. The average molecular weight is 464 g/mol. The fourth-order valence-electron chi connectivity index (χ4n) is 4.19. The van der Waals surface area contributed by atoms with E-state index < -0.39 is 6.29 Å². The summed E-state index contributed by atoms with van der Waals surface area (Å²) in [5.74, 6) is -0.595. The largest absolute Gasteiger partial charge is 0.459 e. The van der Waals surface area contributed by atoms with Crippen molar-refractivity contribution in [2.75, 3.05) is 7.05 Å². The van der Waals surface area contributed by atoms with E-state index in [0.29, 0.717) is 12.0 Å². The van der Waals surface area contributed by atoms with E-state index in [1.165, 1.54) is 7.05 Å². The van der Waals surface area contributed by atoms with Gasteiger partial charge < -0.3 is 19.9 Å². The fraction of sp³-hybridized carbons (Fsp3) is 0.308. The summed E-state index contributed by atoms with van der Waals surface area (Å²) in [5, 5.41) is 11.8. The zero-order valence-corrected chi connectivity index (χ0v) is 19.5. The Morgan fingerprint density at radius 1 is 1.15 bits per heavy atom. The molecule has 3 aromatic rings. The van der Waals surface area contributed by atoms with Gasteiger partial charge in [0.2, 0.25) is 6.29 Å². The second-order valence-corrected chi connectivity index (χ2v) is 8.26. The van der Waals surface area contributed by atoms with Crippen LogP contribution in [-0.2, 0) is 34.5 Å². The molecule has 2 N–H and O–H groups in total. The van der Waals surface area contributed by atoms with Crippen molar-refractivity contribution in [2.24, 2.45) is 7.05 Å². The Kier molecular flexibility index (Phi) is 7.00. The number of allylic oxidation sites excluding steroid dienone is 1. The van der Waals surface area contributed by atoms with E-state index in [0.717, 1.165) is 22.5 Å². The maximum absolute atomic E-state index is 13.5. The third-order valence-corrected chi connectivity index (χ3v) is 6.12. The maximum atomic E-state index is 13.5. The second-order valence-electron chi connectivity index (χ2n) is 8.26. The zero-order valence-electron chi connectivity index (χ0n) is 19.5. The van der Waals surface area contributed by atoms with Gasteiger partial charge in [0.15, 0.2) is 5.76 Å². The summed E-state index contributed by atoms with van der Waals surface area (Å²) in [5.41, 5.74) is 3.78. The van der Waals surface area contributed by atoms with E-state index in [-0.39, 0.29) is 36.4 Å². The van der Waals surface area contributed by atoms with Crippen molar-refractivity contribution in [2.45, 2.75) is 38.8 Å². The Labute approximate surface area is 198 Å². The lowest BCUT2D eigenvalue weighted by molar-refractivity contribution is -0.150. The first-order chi connectivity index (χ1) is 16.4. The molecular formula is C26H29N3O5. The van der Waals surface area contributed by atoms with Gasteiger partial charge in [0.1, 0.15) is 0 Å². The van der Waals surface area contributed by atoms with Crippen LogP contribution in [0.5, 0.6) is 0 Å². The van der Waals surface area contributed by atoms with E-state index in [9.17, 15) is 14.7 Å². The lowest BCUT2D eigenvalue weighted by Crippen LogP contribution is -2.32. The molecule has 1 aromatic heterocycles. The number of aliphatic hydroxyl groups is 1. The van der Waals surface area contributed by atoms with Crippen LogP contribution in [0.1, 0.15) is 34.7 Å². The SMILES string of the molecule is CNC(=O)C1=C[C@H](c2c(C)n(C)n(-c3ccccc3)c2=O)C[C@H](OCc2ccc(CO)cc2)O1. The van der Waals surface area contributed by atoms with Gasteiger partial charge in [-0.1, -0.05) is 42.5 Å². The predicted octanol–water partition coefficient (Wildman–Crippen LogP) is 2.65. The van der Waals surface area contributed by atoms with Crippen molar-refractivity contribution in [3.8, 4) is 5.69 Å². The standard InChI is InChI=1S/C26H29N3O5/c1-17-24(26(32)29(28(17)3)21-7-5-4-6-8-21)20-13-22(25(31)27-2)34-23(14-20)33-16-19-11-9-18(15-30)10-12-19/h4-13,20,23,30H,14-16H2,1-3H3,(H,27,31)/t20-,23+/m0/s1. The molecule has 178 valence electrons. The van der Waals surface area contributed by atoms with Crippen LogP contribution < -0.4 is 10.9 Å². The molecule has 0 saturated carbocycles. The molecule has 34 heavy (non-hydrogen) atoms. The predicted molar refractivity (Wildman–Crippen MR) is 127 cm³/mol. The van der Waals surface area contributed by atoms with Crippen LogP contribution in [0.4, 0.5) is 0 Å². The maximum Gasteiger partial charge on any atom is 0.285 e. The van der Waals surface area contributed by atoms with Crippen molar-refractivity contribution < 1.29 is 19.4 Å². The lowest BCUT2D eigenvalue weighted by atomic mass is 9.93. The molecule has 8 nitrogen and oxygen atoms in total. The summed E-state index contributed by atoms with van der Waals surface area (Å²) in [6.45, 7) is 2.15. The van der Waals surface area contributed by atoms with Crippen molar-refractivity contribution >= 4 is 5.91 Å². The number of benzene rings is 2. The number of carbonyl (C=O) groups excluding carboxylic acids is 1. The molecule has 2 aromatic carbocycles. The van der Waals surface area contributed by atoms with Crippen LogP contribution in [0.2, 0.25) is 0 Å². The highest BCUT2D eigenvalue weighted by molar-refractivity contribution is 5.91. The Balaban J connectivity index is 1.64. The summed E-state index contributed by atoms with van der Waals surface area (Å²) < 4.78 is 15.3. The first-order valence-electron chi connectivity index (χ1n) is 11.2. The number of carbonyl (C=O) groups is 1. The van der Waals surface area contributed by atoms with Crippen LogP contribution >= 0.6 is 0 Å². The molecule has 0 radical (unpaired) electrons. The minimum absolute atomic E-state index is 0.0220. The number of amides is 1. The molecule has 1 aliphatic rings. The molecular weight excluding hydrogens is 434 g/mol. The summed E-state index contributed by atoms with van der Waals surface area (Å²) in [4.78, 5) is 25.9. The molecule has 2 heterocycles. The molecule has 0 saturated heterocycles. The van der Waals surface area contributed by atoms with Gasteiger partial charge in [-0.05, 0) is 36.3 Å². The Morgan fingerprint density at radius 3 is 2.47 bits per heavy atom. The van der Waals surface area contributed by atoms with Crippen LogP contribution in [0, 0.1) is 6.92 Å². The third kappa shape index (κ3) is 4.69. The van der Waals surface area contributed by atoms with E-state index in [2.05, 4.69) is 5.32 Å². The first kappa shape index (κ1) is 23.5. The smallest absolute Gasteiger partial charge is 0.285 e. The van der Waals surface area contributed by atoms with E-state index in [4.69, 9.17) is 9.47 Å². The van der Waals surface area contributed by atoms with Gasteiger partial charge in [0.05, 0.1) is 18.9 Å². The number of para-hydroxylation sites is 1. The van der Waals surface area contributed by atoms with Crippen molar-refractivity contribution in [3.63, 3.8) is 0 Å². The number of ether oxygens (including phenoxy) is 2. The molecule has 0 spiro atoms. The highest BCUT2D eigenvalue weighted by Gasteiger charge is 2.32. The molecule has 0 bridgehead atoms. The van der Waals surface area contributed by atoms with Gasteiger partial charge in [0, 0.05) is 37.7 Å². The minimum Gasteiger partial charge on any atom is -0.459 e. The van der Waals surface area contributed by atoms with Crippen molar-refractivity contribution in [1.29, 1.82) is 0 Å². The van der Waals surface area contributed by atoms with E-state index >= 15 is 0 Å². The first-order valence-corrected chi connectivity index (χ1v) is 11.2. The number of nitrogens with one attached hydrogen (secondary N) is 1. The van der Waals surface area contributed by atoms with E-state index in [1.54, 1.807) is 10.8 Å². The number of hydrogen-bond donors (Lipinski definition) is 2. The summed E-state index contributed by atoms with van der Waals surface area (Å²) in [6, 6.07) is 16.9. The molecule has 0 unspecified atom stereocenters. The van der Waals surface area contributed by atoms with Crippen LogP contribution in [0.3, 0.4) is 0 Å².